The van der Waals surface area contributed by atoms with Crippen LogP contribution in [0.5, 0.6) is 0 Å². The highest BCUT2D eigenvalue weighted by Crippen LogP contribution is 2.09. The van der Waals surface area contributed by atoms with E-state index in [1.165, 1.54) is 11.0 Å². The highest BCUT2D eigenvalue weighted by atomic mass is 19.1. The van der Waals surface area contributed by atoms with Crippen molar-refractivity contribution < 1.29 is 13.6 Å². The number of amides is 1. The van der Waals surface area contributed by atoms with Crippen molar-refractivity contribution in [2.45, 2.75) is 6.42 Å². The molecule has 0 heterocycles. The summed E-state index contributed by atoms with van der Waals surface area (Å²) < 4.78 is 26.6. The molecule has 1 aromatic carbocycles. The van der Waals surface area contributed by atoms with Gasteiger partial charge in [0.1, 0.15) is 18.2 Å². The molecule has 0 spiro atoms. The Morgan fingerprint density at radius 3 is 2.74 bits per heavy atom. The number of nitrogens with zero attached hydrogens (tertiary/aromatic N) is 2. The number of hydrogen-bond donors (Lipinski definition) is 2. The van der Waals surface area contributed by atoms with E-state index in [2.05, 4.69) is 22.2 Å². The van der Waals surface area contributed by atoms with Crippen LogP contribution >= 0.6 is 0 Å². The first-order valence-corrected chi connectivity index (χ1v) is 7.21. The van der Waals surface area contributed by atoms with Crippen LogP contribution in [0.25, 0.3) is 0 Å². The molecule has 0 aromatic heterocycles. The van der Waals surface area contributed by atoms with Gasteiger partial charge in [-0.1, -0.05) is 6.08 Å². The lowest BCUT2D eigenvalue weighted by atomic mass is 10.1. The predicted octanol–water partition coefficient (Wildman–Crippen LogP) is 1.32. The Labute approximate surface area is 135 Å². The molecule has 0 fully saturated rings. The molecule has 0 atom stereocenters. The van der Waals surface area contributed by atoms with Gasteiger partial charge in [-0.25, -0.2) is 13.8 Å². The highest BCUT2D eigenvalue weighted by molar-refractivity contribution is 5.84. The van der Waals surface area contributed by atoms with Crippen LogP contribution in [0.2, 0.25) is 0 Å². The van der Waals surface area contributed by atoms with Gasteiger partial charge in [0.15, 0.2) is 5.96 Å². The monoisotopic (exact) mass is 324 g/mol. The van der Waals surface area contributed by atoms with Gasteiger partial charge in [0, 0.05) is 27.2 Å². The number of likely N-dealkylation sites (N-methyl/N-ethyl adjacent to an activating group) is 1. The predicted molar refractivity (Wildman–Crippen MR) is 87.3 cm³/mol. The molecule has 1 aromatic rings. The van der Waals surface area contributed by atoms with Crippen LogP contribution in [0.15, 0.2) is 35.8 Å². The molecule has 23 heavy (non-hydrogen) atoms. The van der Waals surface area contributed by atoms with Crippen molar-refractivity contribution in [3.8, 4) is 0 Å². The number of carbonyl (C=O) groups is 1. The Morgan fingerprint density at radius 1 is 1.35 bits per heavy atom. The molecule has 126 valence electrons. The third-order valence-electron chi connectivity index (χ3n) is 2.98. The van der Waals surface area contributed by atoms with Gasteiger partial charge in [-0.05, 0) is 30.2 Å². The normalized spacial score (nSPS) is 11.0. The summed E-state index contributed by atoms with van der Waals surface area (Å²) in [5.74, 6) is -0.650. The van der Waals surface area contributed by atoms with E-state index >= 15 is 0 Å². The van der Waals surface area contributed by atoms with E-state index in [0.717, 1.165) is 12.1 Å². The van der Waals surface area contributed by atoms with E-state index in [-0.39, 0.29) is 18.0 Å². The van der Waals surface area contributed by atoms with Crippen molar-refractivity contribution in [3.63, 3.8) is 0 Å². The van der Waals surface area contributed by atoms with Gasteiger partial charge in [-0.2, -0.15) is 0 Å². The molecule has 0 unspecified atom stereocenters. The van der Waals surface area contributed by atoms with Crippen molar-refractivity contribution in [2.24, 2.45) is 4.99 Å². The standard InChI is InChI=1S/C16H22F2N4O/c1-4-8-19-16(21-11-15(23)22(2)3)20-9-7-12-10-13(17)5-6-14(12)18/h4-6,10H,1,7-9,11H2,2-3H3,(H2,19,20,21). The van der Waals surface area contributed by atoms with Gasteiger partial charge in [0.05, 0.1) is 0 Å². The number of aliphatic imine (C=N–C) groups is 1. The lowest BCUT2D eigenvalue weighted by Crippen LogP contribution is -2.39. The average molecular weight is 324 g/mol. The summed E-state index contributed by atoms with van der Waals surface area (Å²) in [6.45, 7) is 4.40. The molecule has 5 nitrogen and oxygen atoms in total. The number of carbonyl (C=O) groups excluding carboxylic acids is 1. The fraction of sp³-hybridized carbons (Fsp3) is 0.375. The molecule has 0 radical (unpaired) electrons. The van der Waals surface area contributed by atoms with Gasteiger partial charge >= 0.3 is 0 Å². The Bertz CT molecular complexity index is 573. The smallest absolute Gasteiger partial charge is 0.243 e. The molecule has 2 N–H and O–H groups in total. The summed E-state index contributed by atoms with van der Waals surface area (Å²) >= 11 is 0. The second kappa shape index (κ2) is 9.55. The minimum absolute atomic E-state index is 0.00615. The maximum Gasteiger partial charge on any atom is 0.243 e. The van der Waals surface area contributed by atoms with E-state index in [1.807, 2.05) is 0 Å². The van der Waals surface area contributed by atoms with Crippen LogP contribution in [0.4, 0.5) is 8.78 Å². The van der Waals surface area contributed by atoms with E-state index in [0.29, 0.717) is 25.5 Å². The zero-order chi connectivity index (χ0) is 17.2. The van der Waals surface area contributed by atoms with Crippen LogP contribution in [0.3, 0.4) is 0 Å². The largest absolute Gasteiger partial charge is 0.356 e. The number of guanidine groups is 1. The first-order valence-electron chi connectivity index (χ1n) is 7.21. The molecule has 7 heteroatoms. The van der Waals surface area contributed by atoms with Crippen molar-refractivity contribution in [3.05, 3.63) is 48.1 Å². The van der Waals surface area contributed by atoms with E-state index in [9.17, 15) is 13.6 Å². The van der Waals surface area contributed by atoms with E-state index < -0.39 is 11.6 Å². The van der Waals surface area contributed by atoms with Crippen molar-refractivity contribution in [1.29, 1.82) is 0 Å². The third kappa shape index (κ3) is 6.90. The molecule has 0 aliphatic heterocycles. The quantitative estimate of drug-likeness (QED) is 0.452. The lowest BCUT2D eigenvalue weighted by Gasteiger charge is -2.13. The topological polar surface area (TPSA) is 56.7 Å². The summed E-state index contributed by atoms with van der Waals surface area (Å²) in [5.41, 5.74) is 0.282. The van der Waals surface area contributed by atoms with Crippen molar-refractivity contribution >= 4 is 11.9 Å². The van der Waals surface area contributed by atoms with Crippen molar-refractivity contribution in [1.82, 2.24) is 15.5 Å². The van der Waals surface area contributed by atoms with Gasteiger partial charge in [-0.3, -0.25) is 4.79 Å². The first kappa shape index (κ1) is 18.6. The van der Waals surface area contributed by atoms with Gasteiger partial charge in [0.25, 0.3) is 0 Å². The van der Waals surface area contributed by atoms with Crippen LogP contribution < -0.4 is 10.6 Å². The number of rotatable bonds is 7. The molecular weight excluding hydrogens is 302 g/mol. The SMILES string of the molecule is C=CCNC(=NCC(=O)N(C)C)NCCc1cc(F)ccc1F. The van der Waals surface area contributed by atoms with Gasteiger partial charge in [0.2, 0.25) is 5.91 Å². The van der Waals surface area contributed by atoms with Crippen LogP contribution in [0, 0.1) is 11.6 Å². The fourth-order valence-corrected chi connectivity index (χ4v) is 1.68. The third-order valence-corrected chi connectivity index (χ3v) is 2.98. The Kier molecular flexibility index (Phi) is 7.73. The number of hydrogen-bond acceptors (Lipinski definition) is 2. The van der Waals surface area contributed by atoms with Crippen LogP contribution in [0.1, 0.15) is 5.56 Å². The van der Waals surface area contributed by atoms with Gasteiger partial charge < -0.3 is 15.5 Å². The second-order valence-electron chi connectivity index (χ2n) is 5.04. The summed E-state index contributed by atoms with van der Waals surface area (Å²) in [6.07, 6.45) is 1.94. The molecule has 0 aliphatic carbocycles. The maximum absolute atomic E-state index is 13.5. The van der Waals surface area contributed by atoms with Crippen molar-refractivity contribution in [2.75, 3.05) is 33.7 Å². The zero-order valence-electron chi connectivity index (χ0n) is 13.4. The number of halogens is 2. The Balaban J connectivity index is 2.59. The number of benzene rings is 1. The summed E-state index contributed by atoms with van der Waals surface area (Å²) in [6, 6.07) is 3.35. The second-order valence-corrected chi connectivity index (χ2v) is 5.04. The molecule has 1 amide bonds. The van der Waals surface area contributed by atoms with E-state index in [4.69, 9.17) is 0 Å². The Morgan fingerprint density at radius 2 is 2.09 bits per heavy atom. The zero-order valence-corrected chi connectivity index (χ0v) is 13.4. The molecule has 0 bridgehead atoms. The molecule has 0 aliphatic rings. The molecular formula is C16H22F2N4O. The van der Waals surface area contributed by atoms with E-state index in [1.54, 1.807) is 20.2 Å². The average Bonchev–Trinajstić information content (AvgIpc) is 2.52. The highest BCUT2D eigenvalue weighted by Gasteiger charge is 2.06. The fourth-order valence-electron chi connectivity index (χ4n) is 1.68. The summed E-state index contributed by atoms with van der Waals surface area (Å²) in [7, 11) is 3.30. The molecule has 0 saturated carbocycles. The van der Waals surface area contributed by atoms with Crippen LogP contribution in [-0.2, 0) is 11.2 Å². The first-order chi connectivity index (χ1) is 10.9. The Hall–Kier alpha value is -2.44. The number of nitrogens with one attached hydrogen (secondary N) is 2. The maximum atomic E-state index is 13.5. The van der Waals surface area contributed by atoms with Gasteiger partial charge in [-0.15, -0.1) is 6.58 Å². The minimum Gasteiger partial charge on any atom is -0.356 e. The summed E-state index contributed by atoms with van der Waals surface area (Å²) in [4.78, 5) is 17.1. The lowest BCUT2D eigenvalue weighted by molar-refractivity contribution is -0.127. The molecule has 0 saturated heterocycles. The summed E-state index contributed by atoms with van der Waals surface area (Å²) in [5, 5.41) is 5.93. The molecule has 1 rings (SSSR count). The van der Waals surface area contributed by atoms with Crippen LogP contribution in [-0.4, -0.2) is 50.5 Å². The minimum atomic E-state index is -0.475.